The van der Waals surface area contributed by atoms with Crippen molar-refractivity contribution in [3.05, 3.63) is 57.5 Å². The number of primary amides is 1. The van der Waals surface area contributed by atoms with Crippen molar-refractivity contribution in [2.24, 2.45) is 16.6 Å². The van der Waals surface area contributed by atoms with Crippen molar-refractivity contribution < 1.29 is 9.18 Å². The maximum atomic E-state index is 13.0. The summed E-state index contributed by atoms with van der Waals surface area (Å²) in [6.45, 7) is 3.09. The van der Waals surface area contributed by atoms with Crippen molar-refractivity contribution >= 4 is 47.2 Å². The number of carbonyl (C=O) groups excluding carboxylic acids is 1. The van der Waals surface area contributed by atoms with Gasteiger partial charge in [0, 0.05) is 18.5 Å². The molecule has 0 radical (unpaired) electrons. The monoisotopic (exact) mass is 490 g/mol. The molecule has 2 rings (SSSR count). The number of benzene rings is 1. The summed E-state index contributed by atoms with van der Waals surface area (Å²) in [4.78, 5) is 17.1. The molecule has 0 aliphatic carbocycles. The predicted molar refractivity (Wildman–Crippen MR) is 115 cm³/mol. The molecule has 1 atom stereocenters. The van der Waals surface area contributed by atoms with Crippen LogP contribution >= 0.6 is 35.3 Å². The van der Waals surface area contributed by atoms with Gasteiger partial charge < -0.3 is 16.4 Å². The second-order valence-electron chi connectivity index (χ2n) is 5.76. The van der Waals surface area contributed by atoms with Crippen LogP contribution in [-0.4, -0.2) is 25.5 Å². The summed E-state index contributed by atoms with van der Waals surface area (Å²) in [5.74, 6) is -0.502. The van der Waals surface area contributed by atoms with Crippen LogP contribution in [0.1, 0.15) is 16.0 Å². The van der Waals surface area contributed by atoms with E-state index >= 15 is 0 Å². The average molecular weight is 490 g/mol. The number of nitrogens with zero attached hydrogens (tertiary/aromatic N) is 1. The van der Waals surface area contributed by atoms with Crippen LogP contribution in [0.2, 0.25) is 0 Å². The molecule has 1 aromatic heterocycles. The number of hydrogen-bond donors (Lipinski definition) is 3. The fourth-order valence-corrected chi connectivity index (χ4v) is 3.21. The number of aryl methyl sites for hydroxylation is 1. The molecular formula is C18H24FIN4OS. The van der Waals surface area contributed by atoms with E-state index in [1.165, 1.54) is 22.6 Å². The van der Waals surface area contributed by atoms with Crippen LogP contribution in [0.5, 0.6) is 0 Å². The fourth-order valence-electron chi connectivity index (χ4n) is 2.37. The van der Waals surface area contributed by atoms with E-state index in [0.717, 1.165) is 5.56 Å². The Labute approximate surface area is 174 Å². The molecule has 4 N–H and O–H groups in total. The number of nitrogens with two attached hydrogens (primary N) is 1. The summed E-state index contributed by atoms with van der Waals surface area (Å²) in [7, 11) is 1.68. The van der Waals surface area contributed by atoms with Crippen molar-refractivity contribution in [3.8, 4) is 0 Å². The third-order valence-electron chi connectivity index (χ3n) is 3.92. The van der Waals surface area contributed by atoms with E-state index in [2.05, 4.69) is 28.6 Å². The van der Waals surface area contributed by atoms with Gasteiger partial charge in [0.15, 0.2) is 5.96 Å². The number of carbonyl (C=O) groups is 1. The highest BCUT2D eigenvalue weighted by atomic mass is 127. The number of hydrogen-bond acceptors (Lipinski definition) is 3. The molecule has 1 amide bonds. The van der Waals surface area contributed by atoms with Crippen LogP contribution in [0.15, 0.2) is 40.7 Å². The van der Waals surface area contributed by atoms with E-state index in [9.17, 15) is 9.18 Å². The number of thiophene rings is 1. The quantitative estimate of drug-likeness (QED) is 0.317. The molecule has 0 spiro atoms. The molecule has 26 heavy (non-hydrogen) atoms. The molecule has 8 heteroatoms. The Morgan fingerprint density at radius 3 is 2.50 bits per heavy atom. The first-order valence-electron chi connectivity index (χ1n) is 8.01. The fraction of sp³-hybridized carbons (Fsp3) is 0.333. The Kier molecular flexibility index (Phi) is 9.57. The molecule has 1 aromatic carbocycles. The molecular weight excluding hydrogens is 466 g/mol. The van der Waals surface area contributed by atoms with Crippen LogP contribution < -0.4 is 16.4 Å². The third-order valence-corrected chi connectivity index (χ3v) is 4.94. The molecule has 0 saturated carbocycles. The lowest BCUT2D eigenvalue weighted by Crippen LogP contribution is -2.42. The van der Waals surface area contributed by atoms with Crippen LogP contribution in [0.4, 0.5) is 4.39 Å². The molecule has 0 bridgehead atoms. The van der Waals surface area contributed by atoms with Gasteiger partial charge >= 0.3 is 0 Å². The zero-order valence-corrected chi connectivity index (χ0v) is 17.9. The van der Waals surface area contributed by atoms with Gasteiger partial charge in [0.1, 0.15) is 5.82 Å². The van der Waals surface area contributed by atoms with Gasteiger partial charge in [-0.05, 0) is 48.1 Å². The highest BCUT2D eigenvalue weighted by Crippen LogP contribution is 2.14. The van der Waals surface area contributed by atoms with Gasteiger partial charge in [0.2, 0.25) is 5.91 Å². The molecule has 0 saturated heterocycles. The minimum absolute atomic E-state index is 0. The first-order chi connectivity index (χ1) is 12.0. The number of rotatable bonds is 7. The highest BCUT2D eigenvalue weighted by Gasteiger charge is 2.17. The largest absolute Gasteiger partial charge is 0.369 e. The van der Waals surface area contributed by atoms with Crippen LogP contribution in [0.25, 0.3) is 0 Å². The first-order valence-corrected chi connectivity index (χ1v) is 8.88. The summed E-state index contributed by atoms with van der Waals surface area (Å²) < 4.78 is 13.0. The molecule has 1 unspecified atom stereocenters. The molecule has 0 fully saturated rings. The van der Waals surface area contributed by atoms with Gasteiger partial charge in [-0.2, -0.15) is 0 Å². The van der Waals surface area contributed by atoms with E-state index in [1.54, 1.807) is 30.5 Å². The molecule has 2 aromatic rings. The van der Waals surface area contributed by atoms with Gasteiger partial charge in [-0.1, -0.05) is 12.1 Å². The molecule has 0 aliphatic heterocycles. The zero-order valence-electron chi connectivity index (χ0n) is 14.8. The van der Waals surface area contributed by atoms with Crippen LogP contribution in [-0.2, 0) is 17.8 Å². The minimum atomic E-state index is -0.410. The topological polar surface area (TPSA) is 79.5 Å². The Balaban J connectivity index is 0.00000338. The molecule has 0 aliphatic rings. The summed E-state index contributed by atoms with van der Waals surface area (Å²) in [6.07, 6.45) is 0.448. The van der Waals surface area contributed by atoms with Gasteiger partial charge in [-0.15, -0.1) is 35.3 Å². The summed E-state index contributed by atoms with van der Waals surface area (Å²) in [6, 6.07) is 8.16. The number of halogens is 2. The van der Waals surface area contributed by atoms with Gasteiger partial charge in [0.25, 0.3) is 0 Å². The standard InChI is InChI=1S/C18H23FN4OS.HI/c1-12-7-8-25-16(12)11-23-18(21-2)22-10-14(17(20)24)9-13-3-5-15(19)6-4-13;/h3-8,14H,9-11H2,1-2H3,(H2,20,24)(H2,21,22,23);1H. The number of guanidine groups is 1. The van der Waals surface area contributed by atoms with Crippen molar-refractivity contribution in [2.75, 3.05) is 13.6 Å². The zero-order chi connectivity index (χ0) is 18.2. The Hall–Kier alpha value is -1.68. The lowest BCUT2D eigenvalue weighted by molar-refractivity contribution is -0.121. The van der Waals surface area contributed by atoms with Crippen molar-refractivity contribution in [2.45, 2.75) is 19.9 Å². The van der Waals surface area contributed by atoms with Crippen molar-refractivity contribution in [3.63, 3.8) is 0 Å². The molecule has 142 valence electrons. The second kappa shape index (κ2) is 11.1. The highest BCUT2D eigenvalue weighted by molar-refractivity contribution is 14.0. The Morgan fingerprint density at radius 2 is 1.96 bits per heavy atom. The normalized spacial score (nSPS) is 12.2. The van der Waals surface area contributed by atoms with E-state index in [-0.39, 0.29) is 29.8 Å². The van der Waals surface area contributed by atoms with E-state index in [0.29, 0.717) is 25.5 Å². The van der Waals surface area contributed by atoms with Gasteiger partial charge in [-0.25, -0.2) is 4.39 Å². The second-order valence-corrected chi connectivity index (χ2v) is 6.76. The molecule has 5 nitrogen and oxygen atoms in total. The smallest absolute Gasteiger partial charge is 0.222 e. The third kappa shape index (κ3) is 6.91. The summed E-state index contributed by atoms with van der Waals surface area (Å²) in [5, 5.41) is 8.41. The van der Waals surface area contributed by atoms with Gasteiger partial charge in [0.05, 0.1) is 12.5 Å². The minimum Gasteiger partial charge on any atom is -0.369 e. The molecule has 1 heterocycles. The predicted octanol–water partition coefficient (Wildman–Crippen LogP) is 2.82. The van der Waals surface area contributed by atoms with E-state index < -0.39 is 11.8 Å². The maximum Gasteiger partial charge on any atom is 0.222 e. The van der Waals surface area contributed by atoms with Crippen molar-refractivity contribution in [1.29, 1.82) is 0 Å². The SMILES string of the molecule is CN=C(NCc1sccc1C)NCC(Cc1ccc(F)cc1)C(N)=O.I. The number of nitrogens with one attached hydrogen (secondary N) is 2. The van der Waals surface area contributed by atoms with E-state index in [4.69, 9.17) is 5.73 Å². The maximum absolute atomic E-state index is 13.0. The first kappa shape index (κ1) is 22.4. The van der Waals surface area contributed by atoms with E-state index in [1.807, 2.05) is 5.38 Å². The number of amides is 1. The lowest BCUT2D eigenvalue weighted by Gasteiger charge is -2.17. The Morgan fingerprint density at radius 1 is 1.27 bits per heavy atom. The summed E-state index contributed by atoms with van der Waals surface area (Å²) in [5.41, 5.74) is 7.60. The Bertz CT molecular complexity index is 733. The van der Waals surface area contributed by atoms with Crippen molar-refractivity contribution in [1.82, 2.24) is 10.6 Å². The average Bonchev–Trinajstić information content (AvgIpc) is 3.00. The van der Waals surface area contributed by atoms with Crippen LogP contribution in [0, 0.1) is 18.7 Å². The van der Waals surface area contributed by atoms with Gasteiger partial charge in [-0.3, -0.25) is 9.79 Å². The lowest BCUT2D eigenvalue weighted by atomic mass is 9.98. The summed E-state index contributed by atoms with van der Waals surface area (Å²) >= 11 is 1.68. The van der Waals surface area contributed by atoms with Crippen LogP contribution in [0.3, 0.4) is 0 Å². The number of aliphatic imine (C=N–C) groups is 1.